The summed E-state index contributed by atoms with van der Waals surface area (Å²) in [6, 6.07) is 10.3. The van der Waals surface area contributed by atoms with Crippen LogP contribution >= 0.6 is 31.9 Å². The Morgan fingerprint density at radius 2 is 1.95 bits per heavy atom. The van der Waals surface area contributed by atoms with Crippen LogP contribution in [0.15, 0.2) is 40.9 Å². The van der Waals surface area contributed by atoms with E-state index < -0.39 is 0 Å². The number of methoxy groups -OCH3 is 1. The van der Waals surface area contributed by atoms with E-state index in [1.54, 1.807) is 7.11 Å². The monoisotopic (exact) mass is 402 g/mol. The molecule has 5 heteroatoms. The van der Waals surface area contributed by atoms with Gasteiger partial charge in [0.15, 0.2) is 0 Å². The lowest BCUT2D eigenvalue weighted by Crippen LogP contribution is -1.99. The molecule has 2 nitrogen and oxygen atoms in total. The van der Waals surface area contributed by atoms with Gasteiger partial charge in [0, 0.05) is 21.4 Å². The molecule has 0 saturated carbocycles. The molecule has 0 unspecified atom stereocenters. The molecule has 0 bridgehead atoms. The zero-order valence-corrected chi connectivity index (χ0v) is 14.0. The Morgan fingerprint density at radius 3 is 2.65 bits per heavy atom. The molecule has 2 aromatic rings. The number of benzene rings is 2. The van der Waals surface area contributed by atoms with Gasteiger partial charge in [-0.05, 0) is 35.9 Å². The molecule has 0 saturated heterocycles. The zero-order chi connectivity index (χ0) is 14.5. The van der Waals surface area contributed by atoms with Crippen LogP contribution in [-0.4, -0.2) is 7.11 Å². The molecular formula is C15H13Br2FO2. The van der Waals surface area contributed by atoms with Crippen LogP contribution in [-0.2, 0) is 11.9 Å². The van der Waals surface area contributed by atoms with Gasteiger partial charge >= 0.3 is 0 Å². The van der Waals surface area contributed by atoms with Gasteiger partial charge in [-0.3, -0.25) is 0 Å². The summed E-state index contributed by atoms with van der Waals surface area (Å²) in [4.78, 5) is 0. The van der Waals surface area contributed by atoms with Crippen molar-refractivity contribution in [1.82, 2.24) is 0 Å². The predicted molar refractivity (Wildman–Crippen MR) is 84.1 cm³/mol. The highest BCUT2D eigenvalue weighted by Gasteiger charge is 2.06. The second kappa shape index (κ2) is 7.09. The first-order valence-corrected chi connectivity index (χ1v) is 7.84. The summed E-state index contributed by atoms with van der Waals surface area (Å²) in [5.74, 6) is 0.935. The quantitative estimate of drug-likeness (QED) is 0.648. The van der Waals surface area contributed by atoms with E-state index >= 15 is 0 Å². The minimum Gasteiger partial charge on any atom is -0.496 e. The Labute approximate surface area is 134 Å². The summed E-state index contributed by atoms with van der Waals surface area (Å²) in [5, 5.41) is 0.585. The van der Waals surface area contributed by atoms with Gasteiger partial charge in [0.05, 0.1) is 7.11 Å². The number of hydrogen-bond acceptors (Lipinski definition) is 2. The summed E-state index contributed by atoms with van der Waals surface area (Å²) < 4.78 is 25.3. The molecule has 20 heavy (non-hydrogen) atoms. The van der Waals surface area contributed by atoms with Gasteiger partial charge in [-0.15, -0.1) is 0 Å². The number of rotatable bonds is 5. The van der Waals surface area contributed by atoms with Crippen molar-refractivity contribution in [3.8, 4) is 11.5 Å². The molecule has 0 aromatic heterocycles. The van der Waals surface area contributed by atoms with Crippen LogP contribution in [0.5, 0.6) is 11.5 Å². The van der Waals surface area contributed by atoms with E-state index in [-0.39, 0.29) is 5.82 Å². The minimum absolute atomic E-state index is 0.307. The van der Waals surface area contributed by atoms with Gasteiger partial charge < -0.3 is 9.47 Å². The Hall–Kier alpha value is -1.07. The molecule has 0 atom stereocenters. The SMILES string of the molecule is COc1ccc(Br)cc1COc1cc(F)cc(CBr)c1. The molecule has 0 N–H and O–H groups in total. The molecule has 2 rings (SSSR count). The number of hydrogen-bond donors (Lipinski definition) is 0. The van der Waals surface area contributed by atoms with Gasteiger partial charge in [-0.25, -0.2) is 4.39 Å². The fourth-order valence-electron chi connectivity index (χ4n) is 1.80. The third-order valence-corrected chi connectivity index (χ3v) is 3.86. The molecule has 0 aliphatic carbocycles. The molecule has 0 radical (unpaired) electrons. The molecule has 106 valence electrons. The lowest BCUT2D eigenvalue weighted by atomic mass is 10.2. The standard InChI is InChI=1S/C15H13Br2FO2/c1-19-15-3-2-12(17)6-11(15)9-20-14-5-10(8-16)4-13(18)7-14/h2-7H,8-9H2,1H3. The van der Waals surface area contributed by atoms with Gasteiger partial charge in [0.1, 0.15) is 23.9 Å². The third kappa shape index (κ3) is 3.96. The van der Waals surface area contributed by atoms with Crippen LogP contribution in [0.4, 0.5) is 4.39 Å². The summed E-state index contributed by atoms with van der Waals surface area (Å²) in [6.07, 6.45) is 0. The first-order valence-electron chi connectivity index (χ1n) is 5.93. The Balaban J connectivity index is 2.16. The first kappa shape index (κ1) is 15.3. The molecule has 2 aromatic carbocycles. The van der Waals surface area contributed by atoms with E-state index in [2.05, 4.69) is 31.9 Å². The summed E-state index contributed by atoms with van der Waals surface area (Å²) in [6.45, 7) is 0.313. The maximum Gasteiger partial charge on any atom is 0.127 e. The van der Waals surface area contributed by atoms with Gasteiger partial charge in [-0.1, -0.05) is 31.9 Å². The largest absolute Gasteiger partial charge is 0.496 e. The Morgan fingerprint density at radius 1 is 1.15 bits per heavy atom. The normalized spacial score (nSPS) is 10.4. The molecular weight excluding hydrogens is 391 g/mol. The first-order chi connectivity index (χ1) is 9.62. The van der Waals surface area contributed by atoms with Crippen LogP contribution in [0.3, 0.4) is 0 Å². The van der Waals surface area contributed by atoms with Crippen molar-refractivity contribution >= 4 is 31.9 Å². The van der Waals surface area contributed by atoms with Gasteiger partial charge in [-0.2, -0.15) is 0 Å². The number of alkyl halides is 1. The average molecular weight is 404 g/mol. The van der Waals surface area contributed by atoms with Crippen LogP contribution in [0.25, 0.3) is 0 Å². The van der Waals surface area contributed by atoms with Crippen LogP contribution in [0, 0.1) is 5.82 Å². The van der Waals surface area contributed by atoms with E-state index in [4.69, 9.17) is 9.47 Å². The van der Waals surface area contributed by atoms with E-state index in [1.165, 1.54) is 12.1 Å². The van der Waals surface area contributed by atoms with Gasteiger partial charge in [0.25, 0.3) is 0 Å². The summed E-state index contributed by atoms with van der Waals surface area (Å²) in [7, 11) is 1.61. The Bertz CT molecular complexity index is 602. The summed E-state index contributed by atoms with van der Waals surface area (Å²) in [5.41, 5.74) is 1.73. The fourth-order valence-corrected chi connectivity index (χ4v) is 2.53. The molecule has 0 heterocycles. The second-order valence-electron chi connectivity index (χ2n) is 4.17. The lowest BCUT2D eigenvalue weighted by Gasteiger charge is -2.11. The second-order valence-corrected chi connectivity index (χ2v) is 5.65. The molecule has 0 aliphatic rings. The third-order valence-electron chi connectivity index (χ3n) is 2.72. The molecule has 0 spiro atoms. The number of halogens is 3. The van der Waals surface area contributed by atoms with Crippen LogP contribution < -0.4 is 9.47 Å². The zero-order valence-electron chi connectivity index (χ0n) is 10.8. The van der Waals surface area contributed by atoms with Gasteiger partial charge in [0.2, 0.25) is 0 Å². The Kier molecular flexibility index (Phi) is 5.43. The van der Waals surface area contributed by atoms with Crippen molar-refractivity contribution in [2.24, 2.45) is 0 Å². The van der Waals surface area contributed by atoms with E-state index in [1.807, 2.05) is 24.3 Å². The maximum absolute atomic E-state index is 13.4. The fraction of sp³-hybridized carbons (Fsp3) is 0.200. The minimum atomic E-state index is -0.307. The van der Waals surface area contributed by atoms with E-state index in [0.717, 1.165) is 21.3 Å². The lowest BCUT2D eigenvalue weighted by molar-refractivity contribution is 0.295. The van der Waals surface area contributed by atoms with E-state index in [9.17, 15) is 4.39 Å². The van der Waals surface area contributed by atoms with Crippen molar-refractivity contribution < 1.29 is 13.9 Å². The average Bonchev–Trinajstić information content (AvgIpc) is 2.44. The summed E-state index contributed by atoms with van der Waals surface area (Å²) >= 11 is 6.71. The van der Waals surface area contributed by atoms with Crippen molar-refractivity contribution in [3.05, 3.63) is 57.8 Å². The van der Waals surface area contributed by atoms with Crippen molar-refractivity contribution in [1.29, 1.82) is 0 Å². The predicted octanol–water partition coefficient (Wildman–Crippen LogP) is 5.07. The van der Waals surface area contributed by atoms with Crippen molar-refractivity contribution in [2.75, 3.05) is 7.11 Å². The highest BCUT2D eigenvalue weighted by Crippen LogP contribution is 2.25. The highest BCUT2D eigenvalue weighted by molar-refractivity contribution is 9.10. The van der Waals surface area contributed by atoms with Crippen molar-refractivity contribution in [3.63, 3.8) is 0 Å². The molecule has 0 amide bonds. The van der Waals surface area contributed by atoms with E-state index in [0.29, 0.717) is 17.7 Å². The van der Waals surface area contributed by atoms with Crippen molar-refractivity contribution in [2.45, 2.75) is 11.9 Å². The number of ether oxygens (including phenoxy) is 2. The van der Waals surface area contributed by atoms with Crippen LogP contribution in [0.2, 0.25) is 0 Å². The topological polar surface area (TPSA) is 18.5 Å². The smallest absolute Gasteiger partial charge is 0.127 e. The highest BCUT2D eigenvalue weighted by atomic mass is 79.9. The molecule has 0 aliphatic heterocycles. The van der Waals surface area contributed by atoms with Crippen LogP contribution in [0.1, 0.15) is 11.1 Å². The maximum atomic E-state index is 13.4. The molecule has 0 fully saturated rings.